The number of aromatic nitrogens is 1. The molecule has 0 bridgehead atoms. The van der Waals surface area contributed by atoms with E-state index in [9.17, 15) is 0 Å². The standard InChI is InChI=1S/C19H18BN/c1-20(2)18-12-13-19(21-14-18)17-10-8-16(9-11-17)15-6-4-3-5-7-15/h3-14H,1-2H3. The minimum absolute atomic E-state index is 0.520. The molecule has 2 aromatic carbocycles. The Balaban J connectivity index is 1.87. The normalized spacial score (nSPS) is 10.4. The van der Waals surface area contributed by atoms with Gasteiger partial charge < -0.3 is 0 Å². The first-order valence-electron chi connectivity index (χ1n) is 7.36. The Morgan fingerprint density at radius 3 is 1.86 bits per heavy atom. The van der Waals surface area contributed by atoms with E-state index >= 15 is 0 Å². The molecule has 2 heteroatoms. The maximum absolute atomic E-state index is 4.57. The highest BCUT2D eigenvalue weighted by Gasteiger charge is 2.05. The lowest BCUT2D eigenvalue weighted by atomic mass is 9.50. The first-order chi connectivity index (χ1) is 10.2. The molecule has 0 saturated carbocycles. The molecular formula is C19H18BN. The van der Waals surface area contributed by atoms with E-state index in [1.165, 1.54) is 16.6 Å². The second-order valence-electron chi connectivity index (χ2n) is 5.57. The van der Waals surface area contributed by atoms with Crippen LogP contribution in [-0.4, -0.2) is 11.7 Å². The van der Waals surface area contributed by atoms with Crippen molar-refractivity contribution in [3.63, 3.8) is 0 Å². The van der Waals surface area contributed by atoms with Gasteiger partial charge in [0.15, 0.2) is 6.71 Å². The van der Waals surface area contributed by atoms with Crippen LogP contribution < -0.4 is 5.46 Å². The molecule has 0 spiro atoms. The first kappa shape index (κ1) is 13.6. The summed E-state index contributed by atoms with van der Waals surface area (Å²) in [5, 5.41) is 0. The monoisotopic (exact) mass is 271 g/mol. The quantitative estimate of drug-likeness (QED) is 0.644. The van der Waals surface area contributed by atoms with Crippen molar-refractivity contribution in [2.75, 3.05) is 0 Å². The summed E-state index contributed by atoms with van der Waals surface area (Å²) in [4.78, 5) is 4.57. The number of hydrogen-bond donors (Lipinski definition) is 0. The maximum atomic E-state index is 4.57. The lowest BCUT2D eigenvalue weighted by Gasteiger charge is -2.06. The van der Waals surface area contributed by atoms with Crippen molar-refractivity contribution >= 4 is 12.2 Å². The van der Waals surface area contributed by atoms with Crippen LogP contribution in [0.5, 0.6) is 0 Å². The summed E-state index contributed by atoms with van der Waals surface area (Å²) in [7, 11) is 0. The molecule has 1 aromatic heterocycles. The van der Waals surface area contributed by atoms with E-state index in [0.29, 0.717) is 6.71 Å². The SMILES string of the molecule is CB(C)c1ccc(-c2ccc(-c3ccccc3)cc2)nc1. The smallest absolute Gasteiger partial charge is 0.171 e. The topological polar surface area (TPSA) is 12.9 Å². The van der Waals surface area contributed by atoms with Crippen molar-refractivity contribution in [3.8, 4) is 22.4 Å². The Labute approximate surface area is 126 Å². The molecule has 0 aliphatic rings. The number of benzene rings is 2. The zero-order valence-electron chi connectivity index (χ0n) is 12.5. The molecule has 0 fully saturated rings. The van der Waals surface area contributed by atoms with Gasteiger partial charge in [-0.25, -0.2) is 0 Å². The van der Waals surface area contributed by atoms with Crippen molar-refractivity contribution in [3.05, 3.63) is 72.9 Å². The van der Waals surface area contributed by atoms with Gasteiger partial charge in [0.25, 0.3) is 0 Å². The van der Waals surface area contributed by atoms with E-state index in [1.54, 1.807) is 0 Å². The third kappa shape index (κ3) is 3.05. The largest absolute Gasteiger partial charge is 0.257 e. The minimum atomic E-state index is 0.520. The van der Waals surface area contributed by atoms with Gasteiger partial charge in [0.2, 0.25) is 0 Å². The van der Waals surface area contributed by atoms with Crippen molar-refractivity contribution in [1.29, 1.82) is 0 Å². The summed E-state index contributed by atoms with van der Waals surface area (Å²) < 4.78 is 0. The molecular weight excluding hydrogens is 253 g/mol. The van der Waals surface area contributed by atoms with Crippen LogP contribution in [0.15, 0.2) is 72.9 Å². The fourth-order valence-corrected chi connectivity index (χ4v) is 2.38. The van der Waals surface area contributed by atoms with Crippen molar-refractivity contribution in [2.45, 2.75) is 13.6 Å². The van der Waals surface area contributed by atoms with E-state index in [0.717, 1.165) is 11.3 Å². The Kier molecular flexibility index (Phi) is 3.87. The third-order valence-corrected chi connectivity index (χ3v) is 3.74. The highest BCUT2D eigenvalue weighted by molar-refractivity contribution is 6.70. The minimum Gasteiger partial charge on any atom is -0.257 e. The van der Waals surface area contributed by atoms with Gasteiger partial charge >= 0.3 is 0 Å². The Hall–Kier alpha value is -2.35. The van der Waals surface area contributed by atoms with Crippen LogP contribution in [0.25, 0.3) is 22.4 Å². The van der Waals surface area contributed by atoms with Gasteiger partial charge in [-0.15, -0.1) is 0 Å². The van der Waals surface area contributed by atoms with E-state index in [-0.39, 0.29) is 0 Å². The molecule has 0 saturated heterocycles. The summed E-state index contributed by atoms with van der Waals surface area (Å²) in [6.45, 7) is 4.89. The van der Waals surface area contributed by atoms with Gasteiger partial charge in [0.1, 0.15) is 0 Å². The lowest BCUT2D eigenvalue weighted by Crippen LogP contribution is -2.22. The van der Waals surface area contributed by atoms with Crippen LogP contribution in [0.1, 0.15) is 0 Å². The average molecular weight is 271 g/mol. The Morgan fingerprint density at radius 2 is 1.29 bits per heavy atom. The molecule has 1 nitrogen and oxygen atoms in total. The van der Waals surface area contributed by atoms with Crippen molar-refractivity contribution in [1.82, 2.24) is 4.98 Å². The molecule has 102 valence electrons. The van der Waals surface area contributed by atoms with Crippen LogP contribution in [-0.2, 0) is 0 Å². The number of nitrogens with zero attached hydrogens (tertiary/aromatic N) is 1. The summed E-state index contributed by atoms with van der Waals surface area (Å²) in [5.74, 6) is 0. The highest BCUT2D eigenvalue weighted by atomic mass is 14.7. The van der Waals surface area contributed by atoms with Gasteiger partial charge in [-0.05, 0) is 17.2 Å². The molecule has 0 atom stereocenters. The summed E-state index contributed by atoms with van der Waals surface area (Å²) in [6, 6.07) is 23.3. The molecule has 0 aliphatic heterocycles. The second kappa shape index (κ2) is 5.96. The molecule has 3 aromatic rings. The van der Waals surface area contributed by atoms with Crippen LogP contribution >= 0.6 is 0 Å². The van der Waals surface area contributed by atoms with E-state index in [4.69, 9.17) is 0 Å². The third-order valence-electron chi connectivity index (χ3n) is 3.74. The first-order valence-corrected chi connectivity index (χ1v) is 7.36. The van der Waals surface area contributed by atoms with E-state index in [2.05, 4.69) is 79.3 Å². The van der Waals surface area contributed by atoms with E-state index < -0.39 is 0 Å². The molecule has 3 rings (SSSR count). The number of hydrogen-bond acceptors (Lipinski definition) is 1. The second-order valence-corrected chi connectivity index (χ2v) is 5.57. The lowest BCUT2D eigenvalue weighted by molar-refractivity contribution is 1.34. The molecule has 0 radical (unpaired) electrons. The molecule has 0 aliphatic carbocycles. The van der Waals surface area contributed by atoms with E-state index in [1.807, 2.05) is 12.3 Å². The number of pyridine rings is 1. The van der Waals surface area contributed by atoms with Crippen molar-refractivity contribution < 1.29 is 0 Å². The van der Waals surface area contributed by atoms with Crippen LogP contribution in [0.4, 0.5) is 0 Å². The molecule has 1 heterocycles. The molecule has 0 unspecified atom stereocenters. The fraction of sp³-hybridized carbons (Fsp3) is 0.105. The predicted molar refractivity (Wildman–Crippen MR) is 92.2 cm³/mol. The highest BCUT2D eigenvalue weighted by Crippen LogP contribution is 2.23. The van der Waals surface area contributed by atoms with Gasteiger partial charge in [-0.2, -0.15) is 0 Å². The van der Waals surface area contributed by atoms with Crippen LogP contribution in [0.3, 0.4) is 0 Å². The van der Waals surface area contributed by atoms with Gasteiger partial charge in [0.05, 0.1) is 5.69 Å². The summed E-state index contributed by atoms with van der Waals surface area (Å²) in [6.07, 6.45) is 1.98. The Morgan fingerprint density at radius 1 is 0.667 bits per heavy atom. The van der Waals surface area contributed by atoms with Gasteiger partial charge in [-0.1, -0.05) is 79.8 Å². The van der Waals surface area contributed by atoms with Gasteiger partial charge in [0, 0.05) is 11.8 Å². The average Bonchev–Trinajstić information content (AvgIpc) is 2.56. The molecule has 21 heavy (non-hydrogen) atoms. The van der Waals surface area contributed by atoms with Crippen LogP contribution in [0.2, 0.25) is 13.6 Å². The zero-order chi connectivity index (χ0) is 14.7. The maximum Gasteiger partial charge on any atom is 0.171 e. The number of rotatable bonds is 3. The molecule has 0 amide bonds. The van der Waals surface area contributed by atoms with Crippen LogP contribution in [0, 0.1) is 0 Å². The Bertz CT molecular complexity index is 701. The molecule has 0 N–H and O–H groups in total. The fourth-order valence-electron chi connectivity index (χ4n) is 2.38. The van der Waals surface area contributed by atoms with Crippen molar-refractivity contribution in [2.24, 2.45) is 0 Å². The summed E-state index contributed by atoms with van der Waals surface area (Å²) in [5.41, 5.74) is 5.94. The summed E-state index contributed by atoms with van der Waals surface area (Å²) >= 11 is 0. The zero-order valence-corrected chi connectivity index (χ0v) is 12.5. The van der Waals surface area contributed by atoms with Gasteiger partial charge in [-0.3, -0.25) is 4.98 Å². The predicted octanol–water partition coefficient (Wildman–Crippen LogP) is 4.38.